The third-order valence-corrected chi connectivity index (χ3v) is 11.8. The van der Waals surface area contributed by atoms with E-state index in [1.165, 1.54) is 20.8 Å². The van der Waals surface area contributed by atoms with E-state index in [-0.39, 0.29) is 16.7 Å². The second-order valence-electron chi connectivity index (χ2n) is 23.4. The summed E-state index contributed by atoms with van der Waals surface area (Å²) in [7, 11) is 0. The van der Waals surface area contributed by atoms with Crippen LogP contribution < -0.4 is 0 Å². The smallest absolute Gasteiger partial charge is 0.453 e. The van der Waals surface area contributed by atoms with E-state index >= 15 is 0 Å². The maximum Gasteiger partial charge on any atom is 0.453 e. The SMILES string of the molecule is C=C(C)C(=O)OCCOC(=O)C(F)(F)CC(F)(F)C(F)(F)F.C=C(C)C(=O)OCCOC(=O)C(F)(F)CC(F)(F)C(F)F.C=C(C)C(=O)OCCOC(=O)C(F)(F)CC(F)(F)CC(F)F.C=CC(=O)OCCOC(=O)C(F)(F)CC(F)(F)C(F)(F)F.C=CC(=O)OCCOC(=O)C(F)(F)CC(F)(F)C(F)F.C=CC(=O)OCCOC(=O)C(F)(F)CC(F)(F)CC(F)F. The summed E-state index contributed by atoms with van der Waals surface area (Å²) in [5.74, 6) is -79.5. The summed E-state index contributed by atoms with van der Waals surface area (Å²) in [6.45, 7) is 13.6. The molecule has 0 aromatic rings. The average molecular weight is 1960 g/mol. The largest absolute Gasteiger partial charge is 0.459 e. The van der Waals surface area contributed by atoms with E-state index in [2.05, 4.69) is 96.3 Å². The molecule has 0 rings (SSSR count). The van der Waals surface area contributed by atoms with Crippen LogP contribution in [-0.2, 0) is 114 Å². The molecule has 0 aliphatic carbocycles. The molecule has 0 saturated carbocycles. The molecule has 0 heterocycles. The van der Waals surface area contributed by atoms with E-state index in [0.717, 1.165) is 12.2 Å². The second-order valence-corrected chi connectivity index (χ2v) is 23.4. The predicted molar refractivity (Wildman–Crippen MR) is 339 cm³/mol. The minimum Gasteiger partial charge on any atom is -0.459 e. The van der Waals surface area contributed by atoms with Gasteiger partial charge in [0.1, 0.15) is 79.3 Å². The number of rotatable bonds is 48. The van der Waals surface area contributed by atoms with Crippen LogP contribution in [0.15, 0.2) is 74.4 Å². The van der Waals surface area contributed by atoms with E-state index in [1.807, 2.05) is 0 Å². The first-order valence-electron chi connectivity index (χ1n) is 32.5. The highest BCUT2D eigenvalue weighted by molar-refractivity contribution is 5.88. The Hall–Kier alpha value is -10.6. The third-order valence-electron chi connectivity index (χ3n) is 11.8. The molecular formula is C65H68F38O24. The van der Waals surface area contributed by atoms with Crippen molar-refractivity contribution >= 4 is 71.6 Å². The summed E-state index contributed by atoms with van der Waals surface area (Å²) in [5.41, 5.74) is -0.0204. The van der Waals surface area contributed by atoms with E-state index in [1.54, 1.807) is 0 Å². The van der Waals surface area contributed by atoms with Crippen LogP contribution in [0.2, 0.25) is 0 Å². The lowest BCUT2D eigenvalue weighted by molar-refractivity contribution is -0.299. The zero-order valence-corrected chi connectivity index (χ0v) is 64.1. The standard InChI is InChI=1S/C12H14F6O4.C11H11F7O4.2C11H12F6O4.C10H9F7O4.C10H10F6O4/c1-7(2)9(19)21-3-4-22-10(20)12(17,18)6-11(15,16)5-8(13)14;1-6(2)7(19)21-3-4-22-8(20)9(12,13)5-10(14,15)11(16,17)18;1-6(2)7(18)20-3-4-21-9(19)11(16,17)5-10(14,15)8(12)13;1-2-8(18)20-3-4-21-9(19)11(16,17)6-10(14,15)5-7(12)13;1-2-6(18)20-3-4-21-7(19)8(11,12)5-9(13,14)10(15,16)17;1-2-6(17)19-3-4-20-8(18)10(15,16)5-9(13,14)7(11)12/h8H,1,3-6H2,2H3;1,3-5H2,2H3;8H,1,3-5H2,2H3;2,7H,1,3-6H2;2H,1,3-5H2;2,7H,1,3-5H2. The first kappa shape index (κ1) is 127. The molecule has 0 bridgehead atoms. The third kappa shape index (κ3) is 57.0. The lowest BCUT2D eigenvalue weighted by Gasteiger charge is -2.23. The molecule has 62 heteroatoms. The molecule has 0 unspecified atom stereocenters. The van der Waals surface area contributed by atoms with Gasteiger partial charge in [0.2, 0.25) is 12.9 Å². The van der Waals surface area contributed by atoms with Gasteiger partial charge < -0.3 is 56.8 Å². The second kappa shape index (κ2) is 55.2. The molecule has 0 atom stereocenters. The van der Waals surface area contributed by atoms with Crippen LogP contribution in [0.25, 0.3) is 0 Å². The number of hydrogen-bond acceptors (Lipinski definition) is 24. The van der Waals surface area contributed by atoms with Crippen LogP contribution in [0, 0.1) is 0 Å². The summed E-state index contributed by atoms with van der Waals surface area (Å²) in [6, 6.07) is 0. The van der Waals surface area contributed by atoms with Crippen LogP contribution in [0.3, 0.4) is 0 Å². The average Bonchev–Trinajstić information content (AvgIpc) is 0.806. The van der Waals surface area contributed by atoms with Crippen molar-refractivity contribution in [2.45, 2.75) is 181 Å². The topological polar surface area (TPSA) is 316 Å². The van der Waals surface area contributed by atoms with Crippen LogP contribution in [-0.4, -0.2) is 260 Å². The number of esters is 12. The van der Waals surface area contributed by atoms with Crippen molar-refractivity contribution in [3.8, 4) is 0 Å². The van der Waals surface area contributed by atoms with Crippen molar-refractivity contribution in [3.63, 3.8) is 0 Å². The normalized spacial score (nSPS) is 12.4. The van der Waals surface area contributed by atoms with Gasteiger partial charge in [-0.05, 0) is 20.8 Å². The highest BCUT2D eigenvalue weighted by atomic mass is 19.4. The van der Waals surface area contributed by atoms with Crippen molar-refractivity contribution in [3.05, 3.63) is 74.4 Å². The van der Waals surface area contributed by atoms with Gasteiger partial charge in [0.15, 0.2) is 0 Å². The summed E-state index contributed by atoms with van der Waals surface area (Å²) in [4.78, 5) is 129. The molecular weight excluding hydrogens is 1890 g/mol. The molecule has 24 nitrogen and oxygen atoms in total. The number of alkyl halides is 38. The van der Waals surface area contributed by atoms with Gasteiger partial charge in [-0.2, -0.15) is 96.6 Å². The molecule has 738 valence electrons. The fourth-order valence-corrected chi connectivity index (χ4v) is 6.00. The lowest BCUT2D eigenvalue weighted by atomic mass is 10.1. The first-order valence-corrected chi connectivity index (χ1v) is 32.5. The van der Waals surface area contributed by atoms with E-state index in [9.17, 15) is 224 Å². The molecule has 0 aliphatic heterocycles. The van der Waals surface area contributed by atoms with Gasteiger partial charge in [0, 0.05) is 34.9 Å². The Morgan fingerprint density at radius 2 is 0.409 bits per heavy atom. The van der Waals surface area contributed by atoms with Crippen LogP contribution in [0.5, 0.6) is 0 Å². The molecule has 0 amide bonds. The Morgan fingerprint density at radius 3 is 0.559 bits per heavy atom. The molecule has 0 spiro atoms. The van der Waals surface area contributed by atoms with Crippen molar-refractivity contribution in [1.82, 2.24) is 0 Å². The van der Waals surface area contributed by atoms with Crippen LogP contribution in [0.4, 0.5) is 167 Å². The molecule has 127 heavy (non-hydrogen) atoms. The lowest BCUT2D eigenvalue weighted by Crippen LogP contribution is -2.45. The van der Waals surface area contributed by atoms with Gasteiger partial charge in [-0.25, -0.2) is 128 Å². The van der Waals surface area contributed by atoms with Crippen molar-refractivity contribution in [1.29, 1.82) is 0 Å². The highest BCUT2D eigenvalue weighted by Gasteiger charge is 2.66. The number of hydrogen-bond donors (Lipinski definition) is 0. The van der Waals surface area contributed by atoms with Crippen LogP contribution >= 0.6 is 0 Å². The van der Waals surface area contributed by atoms with Crippen molar-refractivity contribution in [2.75, 3.05) is 79.3 Å². The van der Waals surface area contributed by atoms with E-state index in [0.29, 0.717) is 6.08 Å². The minimum absolute atomic E-state index is 0.00299. The van der Waals surface area contributed by atoms with Gasteiger partial charge >= 0.3 is 156 Å². The fourth-order valence-electron chi connectivity index (χ4n) is 6.00. The Balaban J connectivity index is -0.000000346. The van der Waals surface area contributed by atoms with E-state index in [4.69, 9.17) is 0 Å². The Kier molecular flexibility index (Phi) is 55.3. The van der Waals surface area contributed by atoms with Crippen molar-refractivity contribution in [2.24, 2.45) is 0 Å². The molecule has 0 aromatic carbocycles. The molecule has 0 fully saturated rings. The fraction of sp³-hybridized carbons (Fsp3) is 0.631. The Labute approximate surface area is 687 Å². The van der Waals surface area contributed by atoms with Gasteiger partial charge in [0.25, 0.3) is 11.8 Å². The summed E-state index contributed by atoms with van der Waals surface area (Å²) in [5, 5.41) is 0. The summed E-state index contributed by atoms with van der Waals surface area (Å²) < 4.78 is 521. The first-order chi connectivity index (χ1) is 56.8. The van der Waals surface area contributed by atoms with Gasteiger partial charge in [-0.1, -0.05) is 39.5 Å². The van der Waals surface area contributed by atoms with Gasteiger partial charge in [-0.15, -0.1) is 0 Å². The number of carbonyl (C=O) groups excluding carboxylic acids is 12. The molecule has 0 saturated heterocycles. The monoisotopic (exact) mass is 1950 g/mol. The summed E-state index contributed by atoms with van der Waals surface area (Å²) >= 11 is 0. The van der Waals surface area contributed by atoms with E-state index < -0.39 is 311 Å². The minimum atomic E-state index is -6.23. The quantitative estimate of drug-likeness (QED) is 0.0180. The predicted octanol–water partition coefficient (Wildman–Crippen LogP) is 15.7. The zero-order chi connectivity index (χ0) is 102. The summed E-state index contributed by atoms with van der Waals surface area (Å²) in [6.07, 6.45) is -46.4. The highest BCUT2D eigenvalue weighted by Crippen LogP contribution is 2.46. The van der Waals surface area contributed by atoms with Gasteiger partial charge in [0.05, 0.1) is 51.4 Å². The Morgan fingerprint density at radius 1 is 0.252 bits per heavy atom. The van der Waals surface area contributed by atoms with Crippen LogP contribution in [0.1, 0.15) is 72.1 Å². The zero-order valence-electron chi connectivity index (χ0n) is 64.1. The number of carbonyl (C=O) groups is 12. The molecule has 0 N–H and O–H groups in total. The molecule has 0 radical (unpaired) electrons. The Bertz CT molecular complexity index is 3600. The van der Waals surface area contributed by atoms with Gasteiger partial charge in [-0.3, -0.25) is 0 Å². The maximum atomic E-state index is 13.2. The molecule has 0 aromatic heterocycles. The maximum absolute atomic E-state index is 13.2. The number of halogens is 38. The number of ether oxygens (including phenoxy) is 12. The molecule has 0 aliphatic rings. The van der Waals surface area contributed by atoms with Crippen molar-refractivity contribution < 1.29 is 281 Å².